The molecule has 88 valence electrons. The highest BCUT2D eigenvalue weighted by Crippen LogP contribution is 2.29. The van der Waals surface area contributed by atoms with E-state index in [1.165, 1.54) is 0 Å². The van der Waals surface area contributed by atoms with Gasteiger partial charge in [0.25, 0.3) is 0 Å². The fourth-order valence-electron chi connectivity index (χ4n) is 2.03. The average molecular weight is 286 g/mol. The normalized spacial score (nSPS) is 22.5. The lowest BCUT2D eigenvalue weighted by Crippen LogP contribution is -2.21. The quantitative estimate of drug-likeness (QED) is 0.874. The van der Waals surface area contributed by atoms with Crippen LogP contribution in [0.3, 0.4) is 0 Å². The molecule has 1 aliphatic heterocycles. The molecule has 2 atom stereocenters. The molecule has 0 spiro atoms. The first kappa shape index (κ1) is 11.9. The SMILES string of the molecule is CC(O)c1ccc(N2CCC(O)C2)cc1Br. The van der Waals surface area contributed by atoms with Gasteiger partial charge in [-0.25, -0.2) is 0 Å². The van der Waals surface area contributed by atoms with Crippen LogP contribution in [0.15, 0.2) is 22.7 Å². The van der Waals surface area contributed by atoms with Gasteiger partial charge in [0.1, 0.15) is 0 Å². The molecular formula is C12H16BrNO2. The van der Waals surface area contributed by atoms with Gasteiger partial charge in [0.15, 0.2) is 0 Å². The Kier molecular flexibility index (Phi) is 3.52. The Morgan fingerprint density at radius 1 is 1.50 bits per heavy atom. The summed E-state index contributed by atoms with van der Waals surface area (Å²) in [5, 5.41) is 19.0. The maximum atomic E-state index is 9.52. The molecule has 0 bridgehead atoms. The van der Waals surface area contributed by atoms with E-state index < -0.39 is 6.10 Å². The van der Waals surface area contributed by atoms with Crippen molar-refractivity contribution in [2.45, 2.75) is 25.6 Å². The fraction of sp³-hybridized carbons (Fsp3) is 0.500. The highest BCUT2D eigenvalue weighted by Gasteiger charge is 2.21. The summed E-state index contributed by atoms with van der Waals surface area (Å²) in [4.78, 5) is 2.15. The van der Waals surface area contributed by atoms with Crippen LogP contribution in [0.5, 0.6) is 0 Å². The van der Waals surface area contributed by atoms with Crippen molar-refractivity contribution in [2.24, 2.45) is 0 Å². The Balaban J connectivity index is 2.21. The second-order valence-corrected chi connectivity index (χ2v) is 5.12. The summed E-state index contributed by atoms with van der Waals surface area (Å²) in [6, 6.07) is 5.92. The Labute approximate surface area is 104 Å². The molecular weight excluding hydrogens is 270 g/mol. The highest BCUT2D eigenvalue weighted by atomic mass is 79.9. The average Bonchev–Trinajstić information content (AvgIpc) is 2.64. The molecule has 3 nitrogen and oxygen atoms in total. The van der Waals surface area contributed by atoms with E-state index in [1.807, 2.05) is 18.2 Å². The van der Waals surface area contributed by atoms with E-state index in [4.69, 9.17) is 0 Å². The third-order valence-electron chi connectivity index (χ3n) is 2.96. The lowest BCUT2D eigenvalue weighted by molar-refractivity contribution is 0.197. The lowest BCUT2D eigenvalue weighted by Gasteiger charge is -2.19. The second-order valence-electron chi connectivity index (χ2n) is 4.27. The maximum absolute atomic E-state index is 9.52. The topological polar surface area (TPSA) is 43.7 Å². The van der Waals surface area contributed by atoms with E-state index in [2.05, 4.69) is 20.8 Å². The van der Waals surface area contributed by atoms with Crippen LogP contribution in [0.25, 0.3) is 0 Å². The van der Waals surface area contributed by atoms with Gasteiger partial charge < -0.3 is 15.1 Å². The molecule has 0 aliphatic carbocycles. The number of halogens is 1. The van der Waals surface area contributed by atoms with Crippen LogP contribution in [-0.2, 0) is 0 Å². The van der Waals surface area contributed by atoms with Crippen LogP contribution in [0.2, 0.25) is 0 Å². The van der Waals surface area contributed by atoms with Crippen molar-refractivity contribution in [2.75, 3.05) is 18.0 Å². The summed E-state index contributed by atoms with van der Waals surface area (Å²) in [5.41, 5.74) is 1.98. The van der Waals surface area contributed by atoms with Gasteiger partial charge in [0, 0.05) is 23.2 Å². The van der Waals surface area contributed by atoms with Crippen molar-refractivity contribution >= 4 is 21.6 Å². The van der Waals surface area contributed by atoms with Crippen molar-refractivity contribution in [1.29, 1.82) is 0 Å². The molecule has 1 aromatic rings. The minimum Gasteiger partial charge on any atom is -0.391 e. The maximum Gasteiger partial charge on any atom is 0.0772 e. The predicted molar refractivity (Wildman–Crippen MR) is 67.6 cm³/mol. The van der Waals surface area contributed by atoms with Gasteiger partial charge >= 0.3 is 0 Å². The summed E-state index contributed by atoms with van der Waals surface area (Å²) in [7, 11) is 0. The lowest BCUT2D eigenvalue weighted by atomic mass is 10.1. The van der Waals surface area contributed by atoms with Crippen LogP contribution < -0.4 is 4.90 Å². The van der Waals surface area contributed by atoms with Gasteiger partial charge in [0.2, 0.25) is 0 Å². The van der Waals surface area contributed by atoms with Gasteiger partial charge in [-0.15, -0.1) is 0 Å². The monoisotopic (exact) mass is 285 g/mol. The molecule has 0 saturated carbocycles. The summed E-state index contributed by atoms with van der Waals surface area (Å²) in [6.45, 7) is 3.33. The first-order chi connectivity index (χ1) is 7.58. The van der Waals surface area contributed by atoms with Crippen LogP contribution in [0, 0.1) is 0 Å². The Morgan fingerprint density at radius 3 is 2.75 bits per heavy atom. The van der Waals surface area contributed by atoms with Crippen LogP contribution in [0.4, 0.5) is 5.69 Å². The van der Waals surface area contributed by atoms with Gasteiger partial charge in [0.05, 0.1) is 12.2 Å². The summed E-state index contributed by atoms with van der Waals surface area (Å²) >= 11 is 3.46. The third-order valence-corrected chi connectivity index (χ3v) is 3.65. The number of rotatable bonds is 2. The first-order valence-corrected chi connectivity index (χ1v) is 6.27. The van der Waals surface area contributed by atoms with Crippen LogP contribution in [-0.4, -0.2) is 29.4 Å². The smallest absolute Gasteiger partial charge is 0.0772 e. The third kappa shape index (κ3) is 2.39. The molecule has 1 heterocycles. The number of aliphatic hydroxyl groups excluding tert-OH is 2. The number of hydrogen-bond donors (Lipinski definition) is 2. The Bertz CT molecular complexity index is 381. The van der Waals surface area contributed by atoms with Gasteiger partial charge in [-0.3, -0.25) is 0 Å². The van der Waals surface area contributed by atoms with Crippen molar-refractivity contribution in [3.8, 4) is 0 Å². The highest BCUT2D eigenvalue weighted by molar-refractivity contribution is 9.10. The van der Waals surface area contributed by atoms with Gasteiger partial charge in [-0.1, -0.05) is 22.0 Å². The first-order valence-electron chi connectivity index (χ1n) is 5.48. The zero-order valence-corrected chi connectivity index (χ0v) is 10.8. The molecule has 1 fully saturated rings. The number of benzene rings is 1. The molecule has 0 amide bonds. The minimum absolute atomic E-state index is 0.213. The van der Waals surface area contributed by atoms with Crippen LogP contribution in [0.1, 0.15) is 25.0 Å². The van der Waals surface area contributed by atoms with E-state index in [1.54, 1.807) is 6.92 Å². The van der Waals surface area contributed by atoms with Gasteiger partial charge in [-0.05, 0) is 31.0 Å². The molecule has 1 aromatic carbocycles. The summed E-state index contributed by atoms with van der Waals surface area (Å²) < 4.78 is 0.918. The van der Waals surface area contributed by atoms with E-state index in [0.29, 0.717) is 6.54 Å². The zero-order chi connectivity index (χ0) is 11.7. The molecule has 1 aliphatic rings. The van der Waals surface area contributed by atoms with E-state index in [9.17, 15) is 10.2 Å². The second kappa shape index (κ2) is 4.73. The number of aliphatic hydroxyl groups is 2. The molecule has 16 heavy (non-hydrogen) atoms. The Hall–Kier alpha value is -0.580. The van der Waals surface area contributed by atoms with Crippen LogP contribution >= 0.6 is 15.9 Å². The molecule has 2 unspecified atom stereocenters. The molecule has 0 radical (unpaired) electrons. The van der Waals surface area contributed by atoms with E-state index in [-0.39, 0.29) is 6.10 Å². The number of nitrogens with zero attached hydrogens (tertiary/aromatic N) is 1. The number of anilines is 1. The molecule has 2 N–H and O–H groups in total. The number of β-amino-alcohol motifs (C(OH)–C–C–N with tert-alkyl or cyclic N) is 1. The van der Waals surface area contributed by atoms with Crippen molar-refractivity contribution in [1.82, 2.24) is 0 Å². The molecule has 1 saturated heterocycles. The number of hydrogen-bond acceptors (Lipinski definition) is 3. The zero-order valence-electron chi connectivity index (χ0n) is 9.23. The van der Waals surface area contributed by atoms with Crippen molar-refractivity contribution in [3.63, 3.8) is 0 Å². The van der Waals surface area contributed by atoms with E-state index >= 15 is 0 Å². The standard InChI is InChI=1S/C12H16BrNO2/c1-8(15)11-3-2-9(6-12(11)13)14-5-4-10(16)7-14/h2-3,6,8,10,15-16H,4-5,7H2,1H3. The largest absolute Gasteiger partial charge is 0.391 e. The minimum atomic E-state index is -0.465. The fourth-order valence-corrected chi connectivity index (χ4v) is 2.73. The summed E-state index contributed by atoms with van der Waals surface area (Å²) in [5.74, 6) is 0. The molecule has 4 heteroatoms. The molecule has 0 aromatic heterocycles. The summed E-state index contributed by atoms with van der Waals surface area (Å²) in [6.07, 6.45) is 0.151. The van der Waals surface area contributed by atoms with Gasteiger partial charge in [-0.2, -0.15) is 0 Å². The van der Waals surface area contributed by atoms with Crippen molar-refractivity contribution < 1.29 is 10.2 Å². The Morgan fingerprint density at radius 2 is 2.25 bits per heavy atom. The van der Waals surface area contributed by atoms with Crippen molar-refractivity contribution in [3.05, 3.63) is 28.2 Å². The van der Waals surface area contributed by atoms with E-state index in [0.717, 1.165) is 28.7 Å². The molecule has 2 rings (SSSR count). The predicted octanol–water partition coefficient (Wildman–Crippen LogP) is 2.07.